The number of nitrogens with zero attached hydrogens (tertiary/aromatic N) is 2. The second kappa shape index (κ2) is 14.9. The lowest BCUT2D eigenvalue weighted by Crippen LogP contribution is -2.33. The molecule has 2 nitrogen and oxygen atoms in total. The van der Waals surface area contributed by atoms with Crippen LogP contribution in [0.4, 0.5) is 34.1 Å². The highest BCUT2D eigenvalue weighted by molar-refractivity contribution is 5.92. The number of benzene rings is 10. The van der Waals surface area contributed by atoms with E-state index >= 15 is 0 Å². The number of hydrogen-bond donors (Lipinski definition) is 0. The second-order valence-corrected chi connectivity index (χ2v) is 17.7. The van der Waals surface area contributed by atoms with E-state index in [1.54, 1.807) is 0 Å². The first-order chi connectivity index (χ1) is 31.5. The van der Waals surface area contributed by atoms with Gasteiger partial charge in [0.25, 0.3) is 0 Å². The van der Waals surface area contributed by atoms with Crippen molar-refractivity contribution in [2.24, 2.45) is 0 Å². The van der Waals surface area contributed by atoms with Gasteiger partial charge in [-0.1, -0.05) is 196 Å². The molecule has 1 aliphatic heterocycles. The van der Waals surface area contributed by atoms with Crippen LogP contribution >= 0.6 is 0 Å². The number of para-hydroxylation sites is 1. The van der Waals surface area contributed by atoms with Crippen LogP contribution in [0.3, 0.4) is 0 Å². The van der Waals surface area contributed by atoms with Gasteiger partial charge in [-0.25, -0.2) is 0 Å². The van der Waals surface area contributed by atoms with E-state index in [4.69, 9.17) is 0 Å². The van der Waals surface area contributed by atoms with Crippen molar-refractivity contribution in [2.75, 3.05) is 9.80 Å². The normalized spacial score (nSPS) is 14.0. The summed E-state index contributed by atoms with van der Waals surface area (Å²) in [5.41, 5.74) is 18.9. The average molecular weight is 819 g/mol. The van der Waals surface area contributed by atoms with Crippen molar-refractivity contribution in [3.8, 4) is 22.3 Å². The van der Waals surface area contributed by atoms with E-state index < -0.39 is 5.41 Å². The maximum Gasteiger partial charge on any atom is 0.0713 e. The summed E-state index contributed by atoms with van der Waals surface area (Å²) in [7, 11) is 0. The van der Waals surface area contributed by atoms with Crippen LogP contribution in [-0.4, -0.2) is 0 Å². The Morgan fingerprint density at radius 1 is 0.344 bits per heavy atom. The van der Waals surface area contributed by atoms with Gasteiger partial charge in [0, 0.05) is 28.2 Å². The molecular weight excluding hydrogens is 773 g/mol. The van der Waals surface area contributed by atoms with Crippen molar-refractivity contribution in [1.82, 2.24) is 0 Å². The van der Waals surface area contributed by atoms with Gasteiger partial charge in [-0.15, -0.1) is 0 Å². The Hall–Kier alpha value is -7.94. The molecule has 10 aromatic rings. The summed E-state index contributed by atoms with van der Waals surface area (Å²) in [6, 6.07) is 89.5. The summed E-state index contributed by atoms with van der Waals surface area (Å²) in [6.07, 6.45) is 0. The lowest BCUT2D eigenvalue weighted by atomic mass is 9.65. The van der Waals surface area contributed by atoms with Crippen LogP contribution in [0.2, 0.25) is 0 Å². The number of hydrogen-bond acceptors (Lipinski definition) is 2. The molecule has 0 aromatic heterocycles. The monoisotopic (exact) mass is 818 g/mol. The standard InChI is InChI=1S/C62H46N2/c1-61(2)57-27-15-16-28-59(57)64(60-40-32-48(42-58(60)61)62(47-21-7-4-8-22-47)55-25-13-11-23-53(55)54-24-12-14-26-56(54)62)51-38-36-50(37-39-51)63(52-35-31-44-19-9-10-20-46(44)41-52)49-33-29-45(30-34-49)43-17-5-3-6-18-43/h3-42H,1-2H3. The molecule has 0 bridgehead atoms. The highest BCUT2D eigenvalue weighted by Crippen LogP contribution is 2.59. The van der Waals surface area contributed by atoms with Crippen molar-refractivity contribution in [3.05, 3.63) is 276 Å². The fourth-order valence-corrected chi connectivity index (χ4v) is 10.9. The highest BCUT2D eigenvalue weighted by atomic mass is 15.2. The molecule has 0 saturated heterocycles. The van der Waals surface area contributed by atoms with Crippen molar-refractivity contribution in [3.63, 3.8) is 0 Å². The van der Waals surface area contributed by atoms with Crippen LogP contribution in [0.1, 0.15) is 47.2 Å². The topological polar surface area (TPSA) is 6.48 Å². The minimum Gasteiger partial charge on any atom is -0.310 e. The smallest absolute Gasteiger partial charge is 0.0713 e. The zero-order valence-corrected chi connectivity index (χ0v) is 36.0. The zero-order chi connectivity index (χ0) is 42.8. The van der Waals surface area contributed by atoms with Crippen LogP contribution < -0.4 is 9.80 Å². The lowest BCUT2D eigenvalue weighted by Gasteiger charge is -2.43. The van der Waals surface area contributed by atoms with Gasteiger partial charge >= 0.3 is 0 Å². The first-order valence-electron chi connectivity index (χ1n) is 22.3. The predicted octanol–water partition coefficient (Wildman–Crippen LogP) is 16.4. The van der Waals surface area contributed by atoms with Crippen LogP contribution in [-0.2, 0) is 10.8 Å². The van der Waals surface area contributed by atoms with Gasteiger partial charge in [-0.3, -0.25) is 0 Å². The Morgan fingerprint density at radius 3 is 1.55 bits per heavy atom. The summed E-state index contributed by atoms with van der Waals surface area (Å²) in [5.74, 6) is 0. The van der Waals surface area contributed by atoms with Crippen LogP contribution in [0.15, 0.2) is 243 Å². The maximum absolute atomic E-state index is 2.53. The van der Waals surface area contributed by atoms with Gasteiger partial charge in [-0.2, -0.15) is 0 Å². The van der Waals surface area contributed by atoms with E-state index in [-0.39, 0.29) is 5.41 Å². The Bertz CT molecular complexity index is 3300. The Balaban J connectivity index is 1.00. The largest absolute Gasteiger partial charge is 0.310 e. The van der Waals surface area contributed by atoms with Crippen molar-refractivity contribution >= 4 is 44.9 Å². The van der Waals surface area contributed by atoms with Crippen molar-refractivity contribution in [1.29, 1.82) is 0 Å². The van der Waals surface area contributed by atoms with Crippen molar-refractivity contribution in [2.45, 2.75) is 24.7 Å². The quantitative estimate of drug-likeness (QED) is 0.158. The molecule has 64 heavy (non-hydrogen) atoms. The van der Waals surface area contributed by atoms with Crippen molar-refractivity contribution < 1.29 is 0 Å². The predicted molar refractivity (Wildman–Crippen MR) is 268 cm³/mol. The maximum atomic E-state index is 2.53. The first-order valence-corrected chi connectivity index (χ1v) is 22.3. The van der Waals surface area contributed by atoms with E-state index in [0.717, 1.165) is 22.7 Å². The van der Waals surface area contributed by atoms with Gasteiger partial charge in [0.15, 0.2) is 0 Å². The molecule has 1 heterocycles. The molecule has 2 aliphatic rings. The number of anilines is 6. The summed E-state index contributed by atoms with van der Waals surface area (Å²) in [5, 5.41) is 2.44. The van der Waals surface area contributed by atoms with Crippen LogP contribution in [0.25, 0.3) is 33.0 Å². The van der Waals surface area contributed by atoms with Gasteiger partial charge in [0.1, 0.15) is 0 Å². The third kappa shape index (κ3) is 5.80. The molecule has 0 saturated carbocycles. The van der Waals surface area contributed by atoms with E-state index in [9.17, 15) is 0 Å². The molecule has 0 radical (unpaired) electrons. The molecule has 0 fully saturated rings. The van der Waals surface area contributed by atoms with E-state index in [1.807, 2.05) is 0 Å². The summed E-state index contributed by atoms with van der Waals surface area (Å²) in [6.45, 7) is 4.79. The van der Waals surface area contributed by atoms with Gasteiger partial charge < -0.3 is 9.80 Å². The molecule has 0 N–H and O–H groups in total. The fourth-order valence-electron chi connectivity index (χ4n) is 10.9. The molecule has 0 atom stereocenters. The van der Waals surface area contributed by atoms with Crippen LogP contribution in [0, 0.1) is 0 Å². The van der Waals surface area contributed by atoms with Gasteiger partial charge in [0.05, 0.1) is 16.8 Å². The third-order valence-electron chi connectivity index (χ3n) is 13.9. The Kier molecular flexibility index (Phi) is 8.77. The van der Waals surface area contributed by atoms with E-state index in [2.05, 4.69) is 266 Å². The zero-order valence-electron chi connectivity index (χ0n) is 36.0. The Labute approximate surface area is 376 Å². The third-order valence-corrected chi connectivity index (χ3v) is 13.9. The molecular formula is C62H46N2. The minimum absolute atomic E-state index is 0.271. The SMILES string of the molecule is CC1(C)c2ccccc2N(c2ccc(N(c3ccc(-c4ccccc4)cc3)c3ccc4ccccc4c3)cc2)c2ccc(C3(c4ccccc4)c4ccccc4-c4ccccc43)cc21. The molecule has 0 spiro atoms. The molecule has 0 unspecified atom stereocenters. The molecule has 10 aromatic carbocycles. The molecule has 0 amide bonds. The Morgan fingerprint density at radius 2 is 0.859 bits per heavy atom. The average Bonchev–Trinajstić information content (AvgIpc) is 3.66. The summed E-state index contributed by atoms with van der Waals surface area (Å²) >= 11 is 0. The van der Waals surface area contributed by atoms with Gasteiger partial charge in [-0.05, 0) is 127 Å². The lowest BCUT2D eigenvalue weighted by molar-refractivity contribution is 0.627. The molecule has 12 rings (SSSR count). The highest BCUT2D eigenvalue weighted by Gasteiger charge is 2.47. The molecule has 2 heteroatoms. The summed E-state index contributed by atoms with van der Waals surface area (Å²) in [4.78, 5) is 4.85. The number of fused-ring (bicyclic) bond motifs is 6. The number of rotatable bonds is 7. The molecule has 1 aliphatic carbocycles. The van der Waals surface area contributed by atoms with E-state index in [0.29, 0.717) is 0 Å². The fraction of sp³-hybridized carbons (Fsp3) is 0.0645. The first kappa shape index (κ1) is 37.8. The minimum atomic E-state index is -0.478. The summed E-state index contributed by atoms with van der Waals surface area (Å²) < 4.78 is 0. The van der Waals surface area contributed by atoms with Gasteiger partial charge in [0.2, 0.25) is 0 Å². The second-order valence-electron chi connectivity index (χ2n) is 17.7. The molecule has 304 valence electrons. The van der Waals surface area contributed by atoms with E-state index in [1.165, 1.54) is 77.8 Å². The van der Waals surface area contributed by atoms with Crippen LogP contribution in [0.5, 0.6) is 0 Å².